The fourth-order valence-electron chi connectivity index (χ4n) is 6.61. The number of aromatic nitrogens is 8. The van der Waals surface area contributed by atoms with Crippen LogP contribution in [0, 0.1) is 0 Å². The first-order valence-corrected chi connectivity index (χ1v) is 20.4. The molecule has 0 spiro atoms. The van der Waals surface area contributed by atoms with Gasteiger partial charge in [0.05, 0.1) is 23.8 Å². The van der Waals surface area contributed by atoms with E-state index in [4.69, 9.17) is 4.74 Å². The summed E-state index contributed by atoms with van der Waals surface area (Å²) in [7, 11) is 0. The maximum absolute atomic E-state index is 13.5. The minimum atomic E-state index is -0.110. The third kappa shape index (κ3) is 9.09. The second-order valence-electron chi connectivity index (χ2n) is 13.4. The minimum absolute atomic E-state index is 0.0340. The van der Waals surface area contributed by atoms with E-state index in [1.165, 1.54) is 17.8 Å². The number of nitrogens with one attached hydrogen (secondary N) is 3. The smallest absolute Gasteiger partial charge is 0.259 e. The summed E-state index contributed by atoms with van der Waals surface area (Å²) < 4.78 is 9.34. The minimum Gasteiger partial charge on any atom is -0.474 e. The number of hydrogen-bond donors (Lipinski definition) is 3. The standard InChI is InChI=1S/C40H39N11O3S2/c1-55-33-21-43-39(44-22-33)49-29-9-12-32(18-29)54-36-14-11-31(20-42-36)51-16-4-5-26(38(51)53)25-56-34-23-45-40(46-24-34)48-28-8-7-27(17-28)47-35-13-10-30(19-41-35)50-15-3-2-6-37(50)52/h2-8,10-11,13-16,19-24,27-29,32H,9,12,17-18,25H2,1H3,(H,41,47)(H,43,44,49)(H,45,46,48)/t27-,28-,29-,32-/m0/s1. The second-order valence-corrected chi connectivity index (χ2v) is 15.3. The zero-order chi connectivity index (χ0) is 38.3. The van der Waals surface area contributed by atoms with Crippen molar-refractivity contribution in [3.8, 4) is 17.3 Å². The van der Waals surface area contributed by atoms with E-state index in [9.17, 15) is 9.59 Å². The van der Waals surface area contributed by atoms with Gasteiger partial charge < -0.3 is 20.7 Å². The van der Waals surface area contributed by atoms with E-state index < -0.39 is 0 Å². The Labute approximate surface area is 331 Å². The summed E-state index contributed by atoms with van der Waals surface area (Å²) in [5.41, 5.74) is 1.82. The lowest BCUT2D eigenvalue weighted by atomic mass is 10.2. The van der Waals surface area contributed by atoms with Crippen LogP contribution in [0.3, 0.4) is 0 Å². The molecule has 1 saturated carbocycles. The van der Waals surface area contributed by atoms with E-state index in [1.54, 1.807) is 64.1 Å². The predicted octanol–water partition coefficient (Wildman–Crippen LogP) is 6.01. The molecule has 284 valence electrons. The largest absolute Gasteiger partial charge is 0.474 e. The van der Waals surface area contributed by atoms with Crippen LogP contribution in [-0.4, -0.2) is 69.5 Å². The van der Waals surface area contributed by atoms with Crippen LogP contribution in [0.1, 0.15) is 31.2 Å². The lowest BCUT2D eigenvalue weighted by molar-refractivity contribution is 0.200. The molecule has 0 aliphatic heterocycles. The highest BCUT2D eigenvalue weighted by Gasteiger charge is 2.27. The van der Waals surface area contributed by atoms with E-state index in [0.717, 1.165) is 41.3 Å². The number of ether oxygens (including phenoxy) is 1. The highest BCUT2D eigenvalue weighted by atomic mass is 32.2. The highest BCUT2D eigenvalue weighted by Crippen LogP contribution is 2.27. The molecule has 0 amide bonds. The van der Waals surface area contributed by atoms with Crippen LogP contribution in [0.5, 0.6) is 5.88 Å². The SMILES string of the molecule is CSc1cnc(N[C@H]2CC[C@H](Oc3ccc(-n4cccc(CSc5cnc(N[C@H]6C=C[C@H](Nc7ccc(-n8ccccc8=O)cn7)C6)nc5)c4=O)cn3)C2)nc1. The van der Waals surface area contributed by atoms with Gasteiger partial charge in [0.2, 0.25) is 17.8 Å². The molecular weight excluding hydrogens is 747 g/mol. The Morgan fingerprint density at radius 1 is 0.696 bits per heavy atom. The van der Waals surface area contributed by atoms with Crippen molar-refractivity contribution in [1.29, 1.82) is 0 Å². The van der Waals surface area contributed by atoms with Gasteiger partial charge in [-0.15, -0.1) is 23.5 Å². The lowest BCUT2D eigenvalue weighted by Gasteiger charge is -2.16. The fraction of sp³-hybridized carbons (Fsp3) is 0.250. The third-order valence-electron chi connectivity index (χ3n) is 9.50. The van der Waals surface area contributed by atoms with Crippen molar-refractivity contribution in [3.05, 3.63) is 143 Å². The van der Waals surface area contributed by atoms with Crippen LogP contribution < -0.4 is 31.8 Å². The normalized spacial score (nSPS) is 18.8. The molecule has 3 N–H and O–H groups in total. The fourth-order valence-corrected chi connectivity index (χ4v) is 7.73. The van der Waals surface area contributed by atoms with Crippen molar-refractivity contribution in [3.63, 3.8) is 0 Å². The third-order valence-corrected chi connectivity index (χ3v) is 11.2. The highest BCUT2D eigenvalue weighted by molar-refractivity contribution is 7.98. The van der Waals surface area contributed by atoms with E-state index in [0.29, 0.717) is 40.5 Å². The summed E-state index contributed by atoms with van der Waals surface area (Å²) in [5.74, 6) is 2.87. The van der Waals surface area contributed by atoms with E-state index in [2.05, 4.69) is 58.0 Å². The molecule has 0 bridgehead atoms. The maximum atomic E-state index is 13.5. The lowest BCUT2D eigenvalue weighted by Crippen LogP contribution is -2.23. The summed E-state index contributed by atoms with van der Waals surface area (Å²) in [6.07, 6.45) is 23.7. The van der Waals surface area contributed by atoms with E-state index in [-0.39, 0.29) is 35.3 Å². The quantitative estimate of drug-likeness (QED) is 0.0869. The molecule has 16 heteroatoms. The molecule has 14 nitrogen and oxygen atoms in total. The first-order valence-electron chi connectivity index (χ1n) is 18.2. The summed E-state index contributed by atoms with van der Waals surface area (Å²) in [6.45, 7) is 0. The Morgan fingerprint density at radius 2 is 1.41 bits per heavy atom. The summed E-state index contributed by atoms with van der Waals surface area (Å²) >= 11 is 3.12. The Balaban J connectivity index is 0.793. The van der Waals surface area contributed by atoms with Gasteiger partial charge in [0.1, 0.15) is 11.9 Å². The van der Waals surface area contributed by atoms with Gasteiger partial charge in [0.25, 0.3) is 11.1 Å². The van der Waals surface area contributed by atoms with Crippen molar-refractivity contribution in [1.82, 2.24) is 39.0 Å². The molecule has 0 aromatic carbocycles. The molecule has 6 aromatic rings. The topological polar surface area (TPSA) is 167 Å². The monoisotopic (exact) mass is 785 g/mol. The van der Waals surface area contributed by atoms with Gasteiger partial charge in [-0.3, -0.25) is 18.7 Å². The molecule has 6 heterocycles. The van der Waals surface area contributed by atoms with Crippen LogP contribution in [0.25, 0.3) is 11.4 Å². The number of hydrogen-bond acceptors (Lipinski definition) is 14. The van der Waals surface area contributed by atoms with Crippen molar-refractivity contribution in [2.75, 3.05) is 22.2 Å². The molecule has 56 heavy (non-hydrogen) atoms. The predicted molar refractivity (Wildman–Crippen MR) is 219 cm³/mol. The molecule has 0 unspecified atom stereocenters. The molecule has 1 fully saturated rings. The van der Waals surface area contributed by atoms with Gasteiger partial charge in [-0.2, -0.15) is 0 Å². The van der Waals surface area contributed by atoms with Crippen LogP contribution in [-0.2, 0) is 5.75 Å². The van der Waals surface area contributed by atoms with Crippen LogP contribution in [0.15, 0.2) is 136 Å². The first kappa shape index (κ1) is 36.9. The summed E-state index contributed by atoms with van der Waals surface area (Å²) in [5, 5.41) is 10.2. The van der Waals surface area contributed by atoms with Crippen LogP contribution in [0.4, 0.5) is 17.7 Å². The zero-order valence-electron chi connectivity index (χ0n) is 30.4. The molecule has 0 saturated heterocycles. The van der Waals surface area contributed by atoms with Crippen molar-refractivity contribution >= 4 is 41.2 Å². The Bertz CT molecular complexity index is 2390. The molecule has 2 aliphatic carbocycles. The molecule has 4 atom stereocenters. The second kappa shape index (κ2) is 17.2. The summed E-state index contributed by atoms with van der Waals surface area (Å²) in [4.78, 5) is 54.3. The van der Waals surface area contributed by atoms with E-state index in [1.807, 2.05) is 61.1 Å². The molecule has 8 rings (SSSR count). The number of anilines is 3. The Hall–Kier alpha value is -6.00. The van der Waals surface area contributed by atoms with Crippen molar-refractivity contribution in [2.24, 2.45) is 0 Å². The van der Waals surface area contributed by atoms with Crippen molar-refractivity contribution < 1.29 is 4.74 Å². The average Bonchev–Trinajstić information content (AvgIpc) is 3.87. The summed E-state index contributed by atoms with van der Waals surface area (Å²) in [6, 6.07) is 16.5. The maximum Gasteiger partial charge on any atom is 0.259 e. The van der Waals surface area contributed by atoms with Crippen LogP contribution >= 0.6 is 23.5 Å². The Morgan fingerprint density at radius 3 is 2.14 bits per heavy atom. The molecule has 0 radical (unpaired) electrons. The van der Waals surface area contributed by atoms with Gasteiger partial charge in [0.15, 0.2) is 0 Å². The molecule has 6 aromatic heterocycles. The number of rotatable bonds is 14. The van der Waals surface area contributed by atoms with Gasteiger partial charge in [-0.25, -0.2) is 29.9 Å². The number of thioether (sulfide) groups is 2. The van der Waals surface area contributed by atoms with Gasteiger partial charge in [-0.05, 0) is 55.9 Å². The zero-order valence-corrected chi connectivity index (χ0v) is 32.1. The average molecular weight is 786 g/mol. The first-order chi connectivity index (χ1) is 27.5. The number of pyridine rings is 4. The number of nitrogens with zero attached hydrogens (tertiary/aromatic N) is 8. The van der Waals surface area contributed by atoms with Gasteiger partial charge in [-0.1, -0.05) is 24.3 Å². The van der Waals surface area contributed by atoms with Crippen molar-refractivity contribution in [2.45, 2.75) is 65.5 Å². The molecule has 2 aliphatic rings. The Kier molecular flexibility index (Phi) is 11.4. The molecular formula is C40H39N11O3S2. The van der Waals surface area contributed by atoms with Gasteiger partial charge in [0, 0.05) is 95.0 Å². The van der Waals surface area contributed by atoms with Gasteiger partial charge >= 0.3 is 0 Å². The van der Waals surface area contributed by atoms with Crippen LogP contribution in [0.2, 0.25) is 0 Å². The van der Waals surface area contributed by atoms with E-state index >= 15 is 0 Å².